The van der Waals surface area contributed by atoms with Crippen LogP contribution in [0.15, 0.2) is 47.4 Å². The average Bonchev–Trinajstić information content (AvgIpc) is 2.38. The molecule has 0 aliphatic heterocycles. The van der Waals surface area contributed by atoms with E-state index in [9.17, 15) is 8.42 Å². The fraction of sp³-hybridized carbons (Fsp3) is 0.200. The number of nitrogen functional groups attached to an aromatic ring is 1. The number of hydrogen-bond donors (Lipinski definition) is 2. The molecule has 0 aromatic heterocycles. The van der Waals surface area contributed by atoms with Crippen molar-refractivity contribution >= 4 is 21.2 Å². The van der Waals surface area contributed by atoms with Gasteiger partial charge in [0.1, 0.15) is 0 Å². The molecular formula is C15H18N2O2S. The van der Waals surface area contributed by atoms with E-state index in [1.165, 1.54) is 11.6 Å². The summed E-state index contributed by atoms with van der Waals surface area (Å²) in [7, 11) is -3.31. The van der Waals surface area contributed by atoms with E-state index < -0.39 is 9.84 Å². The maximum absolute atomic E-state index is 11.6. The highest BCUT2D eigenvalue weighted by Crippen LogP contribution is 2.27. The van der Waals surface area contributed by atoms with Gasteiger partial charge >= 0.3 is 0 Å². The molecule has 5 heteroatoms. The Balaban J connectivity index is 2.25. The molecular weight excluding hydrogens is 272 g/mol. The van der Waals surface area contributed by atoms with Crippen molar-refractivity contribution in [3.63, 3.8) is 0 Å². The van der Waals surface area contributed by atoms with Crippen molar-refractivity contribution in [1.29, 1.82) is 0 Å². The van der Waals surface area contributed by atoms with Gasteiger partial charge in [0.15, 0.2) is 9.84 Å². The third-order valence-corrected chi connectivity index (χ3v) is 4.35. The molecule has 0 fully saturated rings. The molecule has 0 spiro atoms. The number of aryl methyl sites for hydroxylation is 1. The van der Waals surface area contributed by atoms with Gasteiger partial charge in [0, 0.05) is 12.8 Å². The topological polar surface area (TPSA) is 72.2 Å². The molecule has 0 atom stereocenters. The number of anilines is 2. The lowest BCUT2D eigenvalue weighted by Crippen LogP contribution is -2.08. The SMILES string of the molecule is Cc1ccccc1CNc1cccc(S(C)(=O)=O)c1N. The molecule has 0 saturated heterocycles. The van der Waals surface area contributed by atoms with E-state index in [2.05, 4.69) is 5.32 Å². The van der Waals surface area contributed by atoms with Crippen LogP contribution in [0, 0.1) is 6.92 Å². The molecule has 20 heavy (non-hydrogen) atoms. The van der Waals surface area contributed by atoms with Crippen LogP contribution in [0.4, 0.5) is 11.4 Å². The minimum absolute atomic E-state index is 0.160. The van der Waals surface area contributed by atoms with Gasteiger partial charge in [-0.05, 0) is 30.2 Å². The van der Waals surface area contributed by atoms with Gasteiger partial charge in [0.25, 0.3) is 0 Å². The first-order valence-electron chi connectivity index (χ1n) is 6.26. The summed E-state index contributed by atoms with van der Waals surface area (Å²) in [6.45, 7) is 2.64. The summed E-state index contributed by atoms with van der Waals surface area (Å²) < 4.78 is 23.3. The van der Waals surface area contributed by atoms with E-state index in [0.29, 0.717) is 12.2 Å². The van der Waals surface area contributed by atoms with Crippen LogP contribution in [0.25, 0.3) is 0 Å². The van der Waals surface area contributed by atoms with Crippen molar-refractivity contribution in [3.05, 3.63) is 53.6 Å². The maximum atomic E-state index is 11.6. The van der Waals surface area contributed by atoms with Crippen LogP contribution >= 0.6 is 0 Å². The summed E-state index contributed by atoms with van der Waals surface area (Å²) in [5.74, 6) is 0. The Kier molecular flexibility index (Phi) is 3.99. The highest BCUT2D eigenvalue weighted by molar-refractivity contribution is 7.90. The molecule has 2 aromatic carbocycles. The third-order valence-electron chi connectivity index (χ3n) is 3.20. The quantitative estimate of drug-likeness (QED) is 0.849. The minimum atomic E-state index is -3.31. The molecule has 0 radical (unpaired) electrons. The van der Waals surface area contributed by atoms with E-state index in [1.54, 1.807) is 12.1 Å². The summed E-state index contributed by atoms with van der Waals surface area (Å²) in [5.41, 5.74) is 9.16. The van der Waals surface area contributed by atoms with Gasteiger partial charge in [-0.15, -0.1) is 0 Å². The van der Waals surface area contributed by atoms with Crippen LogP contribution in [0.5, 0.6) is 0 Å². The molecule has 4 nitrogen and oxygen atoms in total. The van der Waals surface area contributed by atoms with Gasteiger partial charge in [-0.25, -0.2) is 8.42 Å². The lowest BCUT2D eigenvalue weighted by atomic mass is 10.1. The number of nitrogens with two attached hydrogens (primary N) is 1. The van der Waals surface area contributed by atoms with Crippen LogP contribution in [0.1, 0.15) is 11.1 Å². The van der Waals surface area contributed by atoms with Crippen molar-refractivity contribution < 1.29 is 8.42 Å². The Morgan fingerprint density at radius 1 is 1.10 bits per heavy atom. The summed E-state index contributed by atoms with van der Waals surface area (Å²) in [5, 5.41) is 3.19. The van der Waals surface area contributed by atoms with Crippen molar-refractivity contribution in [1.82, 2.24) is 0 Å². The maximum Gasteiger partial charge on any atom is 0.177 e. The highest BCUT2D eigenvalue weighted by atomic mass is 32.2. The molecule has 3 N–H and O–H groups in total. The zero-order chi connectivity index (χ0) is 14.8. The lowest BCUT2D eigenvalue weighted by molar-refractivity contribution is 0.602. The Morgan fingerprint density at radius 3 is 2.45 bits per heavy atom. The van der Waals surface area contributed by atoms with E-state index in [-0.39, 0.29) is 10.6 Å². The second-order valence-corrected chi connectivity index (χ2v) is 6.75. The first-order valence-corrected chi connectivity index (χ1v) is 8.15. The minimum Gasteiger partial charge on any atom is -0.396 e. The van der Waals surface area contributed by atoms with Crippen molar-refractivity contribution in [2.24, 2.45) is 0 Å². The summed E-state index contributed by atoms with van der Waals surface area (Å²) in [6.07, 6.45) is 1.16. The molecule has 0 aliphatic carbocycles. The van der Waals surface area contributed by atoms with E-state index in [1.807, 2.05) is 31.2 Å². The lowest BCUT2D eigenvalue weighted by Gasteiger charge is -2.13. The van der Waals surface area contributed by atoms with Crippen LogP contribution in [-0.4, -0.2) is 14.7 Å². The fourth-order valence-electron chi connectivity index (χ4n) is 2.02. The third kappa shape index (κ3) is 3.11. The Labute approximate surface area is 119 Å². The molecule has 2 rings (SSSR count). The van der Waals surface area contributed by atoms with E-state index in [0.717, 1.165) is 11.8 Å². The first-order chi connectivity index (χ1) is 9.39. The average molecular weight is 290 g/mol. The van der Waals surface area contributed by atoms with Crippen molar-refractivity contribution in [2.45, 2.75) is 18.4 Å². The molecule has 106 valence electrons. The van der Waals surface area contributed by atoms with Crippen molar-refractivity contribution in [3.8, 4) is 0 Å². The second-order valence-electron chi connectivity index (χ2n) is 4.77. The van der Waals surface area contributed by atoms with Gasteiger partial charge in [0.05, 0.1) is 16.3 Å². The van der Waals surface area contributed by atoms with Gasteiger partial charge in [0.2, 0.25) is 0 Å². The number of para-hydroxylation sites is 1. The second kappa shape index (κ2) is 5.54. The zero-order valence-corrected chi connectivity index (χ0v) is 12.4. The standard InChI is InChI=1S/C15H18N2O2S/c1-11-6-3-4-7-12(11)10-17-13-8-5-9-14(15(13)16)20(2,18)19/h3-9,17H,10,16H2,1-2H3. The predicted octanol–water partition coefficient (Wildman–Crippen LogP) is 2.59. The number of sulfone groups is 1. The van der Waals surface area contributed by atoms with Crippen molar-refractivity contribution in [2.75, 3.05) is 17.3 Å². The van der Waals surface area contributed by atoms with Gasteiger partial charge < -0.3 is 11.1 Å². The van der Waals surface area contributed by atoms with E-state index in [4.69, 9.17) is 5.73 Å². The van der Waals surface area contributed by atoms with E-state index >= 15 is 0 Å². The summed E-state index contributed by atoms with van der Waals surface area (Å²) >= 11 is 0. The predicted molar refractivity (Wildman–Crippen MR) is 82.5 cm³/mol. The molecule has 2 aromatic rings. The number of rotatable bonds is 4. The first kappa shape index (κ1) is 14.4. The molecule has 0 heterocycles. The normalized spacial score (nSPS) is 11.3. The Hall–Kier alpha value is -2.01. The van der Waals surface area contributed by atoms with Crippen LogP contribution < -0.4 is 11.1 Å². The van der Waals surface area contributed by atoms with Crippen LogP contribution in [0.2, 0.25) is 0 Å². The number of hydrogen-bond acceptors (Lipinski definition) is 4. The van der Waals surface area contributed by atoms with Gasteiger partial charge in [-0.3, -0.25) is 0 Å². The molecule has 0 amide bonds. The Morgan fingerprint density at radius 2 is 1.80 bits per heavy atom. The number of nitrogens with one attached hydrogen (secondary N) is 1. The van der Waals surface area contributed by atoms with Crippen LogP contribution in [-0.2, 0) is 16.4 Å². The summed E-state index contributed by atoms with van der Waals surface area (Å²) in [4.78, 5) is 0.160. The number of benzene rings is 2. The Bertz CT molecular complexity index is 724. The monoisotopic (exact) mass is 290 g/mol. The van der Waals surface area contributed by atoms with Crippen LogP contribution in [0.3, 0.4) is 0 Å². The molecule has 0 bridgehead atoms. The molecule has 0 unspecified atom stereocenters. The van der Waals surface area contributed by atoms with Gasteiger partial charge in [-0.2, -0.15) is 0 Å². The summed E-state index contributed by atoms with van der Waals surface area (Å²) in [6, 6.07) is 13.0. The smallest absolute Gasteiger partial charge is 0.177 e. The largest absolute Gasteiger partial charge is 0.396 e. The van der Waals surface area contributed by atoms with Gasteiger partial charge in [-0.1, -0.05) is 30.3 Å². The molecule has 0 saturated carbocycles. The highest BCUT2D eigenvalue weighted by Gasteiger charge is 2.13. The zero-order valence-electron chi connectivity index (χ0n) is 11.6. The fourth-order valence-corrected chi connectivity index (χ4v) is 2.86. The molecule has 0 aliphatic rings.